The minimum absolute atomic E-state index is 0.0613. The number of ether oxygens (including phenoxy) is 1. The summed E-state index contributed by atoms with van der Waals surface area (Å²) in [5.74, 6) is -0.808. The summed E-state index contributed by atoms with van der Waals surface area (Å²) >= 11 is 0. The third kappa shape index (κ3) is 3.37. The molecule has 1 aromatic heterocycles. The number of para-hydroxylation sites is 2. The van der Waals surface area contributed by atoms with Gasteiger partial charge in [-0.05, 0) is 18.6 Å². The lowest BCUT2D eigenvalue weighted by Gasteiger charge is -2.14. The van der Waals surface area contributed by atoms with Crippen LogP contribution in [-0.2, 0) is 21.4 Å². The van der Waals surface area contributed by atoms with Crippen LogP contribution >= 0.6 is 0 Å². The number of imidazole rings is 1. The molecule has 2 aromatic rings. The van der Waals surface area contributed by atoms with Gasteiger partial charge in [-0.2, -0.15) is 5.26 Å². The molecule has 0 unspecified atom stereocenters. The Hall–Kier alpha value is -3.34. The van der Waals surface area contributed by atoms with Crippen LogP contribution in [0.15, 0.2) is 30.0 Å². The van der Waals surface area contributed by atoms with E-state index in [0.29, 0.717) is 18.5 Å². The summed E-state index contributed by atoms with van der Waals surface area (Å²) in [7, 11) is 1.74. The number of esters is 1. The fourth-order valence-electron chi connectivity index (χ4n) is 2.91. The molecule has 1 aromatic carbocycles. The van der Waals surface area contributed by atoms with E-state index in [9.17, 15) is 20.0 Å². The first-order valence-electron chi connectivity index (χ1n) is 8.18. The third-order valence-electron chi connectivity index (χ3n) is 4.27. The van der Waals surface area contributed by atoms with Crippen LogP contribution in [-0.4, -0.2) is 51.1 Å². The zero-order valence-corrected chi connectivity index (χ0v) is 14.3. The number of aromatic nitrogens is 2. The van der Waals surface area contributed by atoms with Crippen molar-refractivity contribution in [3.63, 3.8) is 0 Å². The number of nitrogens with zero attached hydrogens (tertiary/aromatic N) is 4. The Balaban J connectivity index is 1.74. The number of nitriles is 1. The van der Waals surface area contributed by atoms with Gasteiger partial charge in [0.25, 0.3) is 0 Å². The molecule has 1 aliphatic heterocycles. The van der Waals surface area contributed by atoms with Crippen LogP contribution in [0.25, 0.3) is 16.6 Å². The lowest BCUT2D eigenvalue weighted by Crippen LogP contribution is -2.32. The van der Waals surface area contributed by atoms with E-state index in [1.165, 1.54) is 4.90 Å². The van der Waals surface area contributed by atoms with Crippen molar-refractivity contribution in [2.45, 2.75) is 12.8 Å². The second kappa shape index (κ2) is 7.27. The molecule has 0 radical (unpaired) electrons. The van der Waals surface area contributed by atoms with E-state index in [4.69, 9.17) is 4.74 Å². The molecule has 1 amide bonds. The molecule has 1 aliphatic rings. The smallest absolute Gasteiger partial charge is 0.326 e. The highest BCUT2D eigenvalue weighted by Crippen LogP contribution is 2.22. The predicted octanol–water partition coefficient (Wildman–Crippen LogP) is 1.53. The van der Waals surface area contributed by atoms with Crippen molar-refractivity contribution in [2.24, 2.45) is 7.05 Å². The number of carbonyl (C=O) groups is 2. The summed E-state index contributed by atoms with van der Waals surface area (Å²) < 4.78 is 6.69. The number of amides is 1. The Kier molecular flexibility index (Phi) is 4.89. The molecule has 1 N–H and O–H groups in total. The summed E-state index contributed by atoms with van der Waals surface area (Å²) in [6, 6.07) is 9.25. The van der Waals surface area contributed by atoms with Gasteiger partial charge in [-0.3, -0.25) is 9.59 Å². The maximum absolute atomic E-state index is 11.9. The minimum Gasteiger partial charge on any atom is -0.507 e. The lowest BCUT2D eigenvalue weighted by atomic mass is 10.2. The van der Waals surface area contributed by atoms with E-state index in [1.807, 2.05) is 24.3 Å². The molecular formula is C18H18N4O4. The summed E-state index contributed by atoms with van der Waals surface area (Å²) in [4.78, 5) is 29.1. The van der Waals surface area contributed by atoms with Crippen molar-refractivity contribution in [3.8, 4) is 6.07 Å². The fraction of sp³-hybridized carbons (Fsp3) is 0.333. The predicted molar refractivity (Wildman–Crippen MR) is 92.6 cm³/mol. The van der Waals surface area contributed by atoms with Crippen LogP contribution in [0, 0.1) is 11.3 Å². The average molecular weight is 354 g/mol. The van der Waals surface area contributed by atoms with E-state index in [-0.39, 0.29) is 29.6 Å². The number of rotatable bonds is 5. The number of carbonyl (C=O) groups excluding carboxylic acids is 2. The SMILES string of the molecule is Cn1c(/C(C#N)=C(\O)COC(=O)CN2CCCC2=O)nc2ccccc21. The lowest BCUT2D eigenvalue weighted by molar-refractivity contribution is -0.147. The number of hydrogen-bond donors (Lipinski definition) is 1. The Morgan fingerprint density at radius 2 is 2.19 bits per heavy atom. The van der Waals surface area contributed by atoms with Crippen LogP contribution in [0.4, 0.5) is 0 Å². The monoisotopic (exact) mass is 354 g/mol. The van der Waals surface area contributed by atoms with Gasteiger partial charge in [0, 0.05) is 20.0 Å². The molecule has 0 bridgehead atoms. The van der Waals surface area contributed by atoms with Crippen LogP contribution in [0.5, 0.6) is 0 Å². The highest BCUT2D eigenvalue weighted by atomic mass is 16.5. The van der Waals surface area contributed by atoms with Gasteiger partial charge in [-0.25, -0.2) is 4.98 Å². The molecule has 1 saturated heterocycles. The summed E-state index contributed by atoms with van der Waals surface area (Å²) in [6.07, 6.45) is 1.16. The van der Waals surface area contributed by atoms with Crippen molar-refractivity contribution in [1.29, 1.82) is 5.26 Å². The van der Waals surface area contributed by atoms with E-state index in [1.54, 1.807) is 17.7 Å². The topological polar surface area (TPSA) is 108 Å². The molecular weight excluding hydrogens is 336 g/mol. The zero-order valence-electron chi connectivity index (χ0n) is 14.3. The maximum atomic E-state index is 11.9. The van der Waals surface area contributed by atoms with Crippen molar-refractivity contribution in [1.82, 2.24) is 14.5 Å². The molecule has 3 rings (SSSR count). The van der Waals surface area contributed by atoms with Gasteiger partial charge in [0.1, 0.15) is 24.8 Å². The second-order valence-electron chi connectivity index (χ2n) is 6.00. The highest BCUT2D eigenvalue weighted by molar-refractivity contribution is 5.85. The molecule has 0 aliphatic carbocycles. The number of aliphatic hydroxyl groups excluding tert-OH is 1. The number of likely N-dealkylation sites (tertiary alicyclic amines) is 1. The number of aliphatic hydroxyl groups is 1. The fourth-order valence-corrected chi connectivity index (χ4v) is 2.91. The molecule has 134 valence electrons. The first-order valence-corrected chi connectivity index (χ1v) is 8.18. The second-order valence-corrected chi connectivity index (χ2v) is 6.00. The Labute approximate surface area is 149 Å². The number of allylic oxidation sites excluding steroid dienone is 1. The quantitative estimate of drug-likeness (QED) is 0.495. The molecule has 8 nitrogen and oxygen atoms in total. The molecule has 0 spiro atoms. The molecule has 2 heterocycles. The van der Waals surface area contributed by atoms with Gasteiger partial charge in [0.2, 0.25) is 5.91 Å². The normalized spacial score (nSPS) is 15.1. The molecule has 1 fully saturated rings. The third-order valence-corrected chi connectivity index (χ3v) is 4.27. The first kappa shape index (κ1) is 17.5. The Bertz CT molecular complexity index is 938. The average Bonchev–Trinajstić information content (AvgIpc) is 3.18. The van der Waals surface area contributed by atoms with E-state index < -0.39 is 12.6 Å². The van der Waals surface area contributed by atoms with Crippen LogP contribution in [0.2, 0.25) is 0 Å². The van der Waals surface area contributed by atoms with Crippen LogP contribution < -0.4 is 0 Å². The van der Waals surface area contributed by atoms with E-state index in [0.717, 1.165) is 11.9 Å². The first-order chi connectivity index (χ1) is 12.5. The van der Waals surface area contributed by atoms with Crippen molar-refractivity contribution in [2.75, 3.05) is 19.7 Å². The highest BCUT2D eigenvalue weighted by Gasteiger charge is 2.23. The van der Waals surface area contributed by atoms with Crippen molar-refractivity contribution >= 4 is 28.5 Å². The number of hydrogen-bond acceptors (Lipinski definition) is 6. The Morgan fingerprint density at radius 3 is 2.85 bits per heavy atom. The summed E-state index contributed by atoms with van der Waals surface area (Å²) in [5, 5.41) is 19.6. The zero-order chi connectivity index (χ0) is 18.7. The van der Waals surface area contributed by atoms with E-state index >= 15 is 0 Å². The number of aryl methyl sites for hydroxylation is 1. The van der Waals surface area contributed by atoms with E-state index in [2.05, 4.69) is 4.98 Å². The Morgan fingerprint density at radius 1 is 1.42 bits per heavy atom. The van der Waals surface area contributed by atoms with Crippen LogP contribution in [0.1, 0.15) is 18.7 Å². The minimum atomic E-state index is -0.630. The largest absolute Gasteiger partial charge is 0.507 e. The molecule has 0 saturated carbocycles. The van der Waals surface area contributed by atoms with Gasteiger partial charge in [0.15, 0.2) is 11.6 Å². The van der Waals surface area contributed by atoms with Crippen molar-refractivity contribution < 1.29 is 19.4 Å². The molecule has 26 heavy (non-hydrogen) atoms. The molecule has 8 heteroatoms. The maximum Gasteiger partial charge on any atom is 0.326 e. The van der Waals surface area contributed by atoms with Gasteiger partial charge < -0.3 is 19.3 Å². The van der Waals surface area contributed by atoms with Crippen LogP contribution in [0.3, 0.4) is 0 Å². The van der Waals surface area contributed by atoms with Gasteiger partial charge in [-0.15, -0.1) is 0 Å². The summed E-state index contributed by atoms with van der Waals surface area (Å²) in [5.41, 5.74) is 1.44. The standard InChI is InChI=1S/C18H18N4O4/c1-21-14-6-3-2-5-13(14)20-18(21)12(9-19)15(23)11-26-17(25)10-22-8-4-7-16(22)24/h2-3,5-6,23H,4,7-8,10-11H2,1H3/b15-12-. The van der Waals surface area contributed by atoms with Gasteiger partial charge >= 0.3 is 5.97 Å². The summed E-state index contributed by atoms with van der Waals surface area (Å²) in [6.45, 7) is -0.0771. The molecule has 0 atom stereocenters. The van der Waals surface area contributed by atoms with Gasteiger partial charge in [-0.1, -0.05) is 12.1 Å². The number of fused-ring (bicyclic) bond motifs is 1. The van der Waals surface area contributed by atoms with Gasteiger partial charge in [0.05, 0.1) is 11.0 Å². The number of benzene rings is 1. The van der Waals surface area contributed by atoms with Crippen molar-refractivity contribution in [3.05, 3.63) is 35.8 Å².